The summed E-state index contributed by atoms with van der Waals surface area (Å²) in [6.45, 7) is 2.19. The van der Waals surface area contributed by atoms with Gasteiger partial charge in [-0.15, -0.1) is 10.2 Å². The summed E-state index contributed by atoms with van der Waals surface area (Å²) < 4.78 is 9.02. The lowest BCUT2D eigenvalue weighted by atomic mass is 9.98. The Morgan fingerprint density at radius 2 is 1.77 bits per heavy atom. The minimum Gasteiger partial charge on any atom is -0.468 e. The smallest absolute Gasteiger partial charge is 0.333 e. The van der Waals surface area contributed by atoms with Crippen molar-refractivity contribution in [2.45, 2.75) is 39.4 Å². The second-order valence-corrected chi connectivity index (χ2v) is 9.70. The number of benzene rings is 2. The van der Waals surface area contributed by atoms with Gasteiger partial charge in [-0.25, -0.2) is 14.3 Å². The second-order valence-electron chi connectivity index (χ2n) is 9.70. The molecule has 3 aromatic heterocycles. The maximum atomic E-state index is 13.5. The van der Waals surface area contributed by atoms with Gasteiger partial charge in [-0.3, -0.25) is 14.2 Å². The molecule has 39 heavy (non-hydrogen) atoms. The van der Waals surface area contributed by atoms with E-state index in [-0.39, 0.29) is 0 Å². The van der Waals surface area contributed by atoms with Crippen molar-refractivity contribution in [3.05, 3.63) is 80.8 Å². The molecule has 0 amide bonds. The zero-order chi connectivity index (χ0) is 27.1. The number of fused-ring (bicyclic) bond motifs is 1. The quantitative estimate of drug-likeness (QED) is 0.303. The Morgan fingerprint density at radius 1 is 1.03 bits per heavy atom. The van der Waals surface area contributed by atoms with Gasteiger partial charge in [0.2, 0.25) is 5.82 Å². The number of carbonyl (C=O) groups excluding carboxylic acids is 1. The van der Waals surface area contributed by atoms with Crippen LogP contribution in [0.2, 0.25) is 0 Å². The van der Waals surface area contributed by atoms with Gasteiger partial charge in [0.25, 0.3) is 5.56 Å². The highest BCUT2D eigenvalue weighted by Crippen LogP contribution is 2.31. The van der Waals surface area contributed by atoms with Gasteiger partial charge in [0.15, 0.2) is 11.2 Å². The van der Waals surface area contributed by atoms with Crippen LogP contribution < -0.4 is 11.2 Å². The van der Waals surface area contributed by atoms with Crippen molar-refractivity contribution in [2.75, 3.05) is 7.11 Å². The SMILES string of the molecule is COC(=O)Cn1c(=O)c2c(nc(C)n2Cc2ccc(-c3ccccc3-c3nn[nH]n3)cc2)n(CC2CC2)c1=O. The van der Waals surface area contributed by atoms with Gasteiger partial charge in [-0.2, -0.15) is 5.21 Å². The molecule has 0 unspecified atom stereocenters. The first kappa shape index (κ1) is 24.5. The van der Waals surface area contributed by atoms with Crippen molar-refractivity contribution in [1.29, 1.82) is 0 Å². The molecule has 1 fully saturated rings. The van der Waals surface area contributed by atoms with Gasteiger partial charge in [-0.05, 0) is 47.6 Å². The molecule has 12 heteroatoms. The number of nitrogens with one attached hydrogen (secondary N) is 1. The van der Waals surface area contributed by atoms with Crippen LogP contribution >= 0.6 is 0 Å². The van der Waals surface area contributed by atoms with Crippen LogP contribution in [-0.4, -0.2) is 52.4 Å². The summed E-state index contributed by atoms with van der Waals surface area (Å²) in [5, 5.41) is 14.4. The first-order valence-corrected chi connectivity index (χ1v) is 12.6. The van der Waals surface area contributed by atoms with Crippen LogP contribution in [0.25, 0.3) is 33.7 Å². The molecular formula is C27H26N8O4. The standard InChI is InChI=1S/C27H26N8O4/c1-16-28-25-23(26(37)35(15-22(36)39-2)27(38)34(25)14-17-7-8-17)33(16)13-18-9-11-19(12-10-18)20-5-3-4-6-21(20)24-29-31-32-30-24/h3-6,9-12,17H,7-8,13-15H2,1-2H3,(H,29,30,31,32). The lowest BCUT2D eigenvalue weighted by Crippen LogP contribution is -2.42. The summed E-state index contributed by atoms with van der Waals surface area (Å²) in [6.07, 6.45) is 2.04. The Morgan fingerprint density at radius 3 is 2.44 bits per heavy atom. The molecular weight excluding hydrogens is 500 g/mol. The Balaban J connectivity index is 1.40. The van der Waals surface area contributed by atoms with E-state index in [0.29, 0.717) is 41.8 Å². The summed E-state index contributed by atoms with van der Waals surface area (Å²) in [5.41, 5.74) is 3.28. The number of imidazole rings is 1. The summed E-state index contributed by atoms with van der Waals surface area (Å²) in [7, 11) is 1.23. The molecule has 3 heterocycles. The van der Waals surface area contributed by atoms with Gasteiger partial charge < -0.3 is 9.30 Å². The van der Waals surface area contributed by atoms with Crippen molar-refractivity contribution in [1.82, 2.24) is 39.3 Å². The van der Waals surface area contributed by atoms with Crippen LogP contribution in [0.5, 0.6) is 0 Å². The third kappa shape index (κ3) is 4.54. The van der Waals surface area contributed by atoms with Gasteiger partial charge in [0, 0.05) is 18.7 Å². The molecule has 1 N–H and O–H groups in total. The van der Waals surface area contributed by atoms with E-state index in [1.54, 1.807) is 4.57 Å². The van der Waals surface area contributed by atoms with E-state index in [1.807, 2.05) is 55.5 Å². The van der Waals surface area contributed by atoms with Gasteiger partial charge >= 0.3 is 11.7 Å². The number of hydrogen-bond donors (Lipinski definition) is 1. The van der Waals surface area contributed by atoms with Gasteiger partial charge in [0.1, 0.15) is 12.4 Å². The van der Waals surface area contributed by atoms with E-state index in [9.17, 15) is 14.4 Å². The molecule has 0 atom stereocenters. The molecule has 1 aliphatic rings. The number of H-pyrrole nitrogens is 1. The maximum Gasteiger partial charge on any atom is 0.333 e. The van der Waals surface area contributed by atoms with Crippen molar-refractivity contribution in [2.24, 2.45) is 5.92 Å². The zero-order valence-corrected chi connectivity index (χ0v) is 21.5. The van der Waals surface area contributed by atoms with E-state index < -0.39 is 23.8 Å². The van der Waals surface area contributed by atoms with Crippen molar-refractivity contribution >= 4 is 17.1 Å². The fraction of sp³-hybridized carbons (Fsp3) is 0.296. The average Bonchev–Trinajstić information content (AvgIpc) is 3.49. The van der Waals surface area contributed by atoms with E-state index in [4.69, 9.17) is 4.74 Å². The molecule has 12 nitrogen and oxygen atoms in total. The highest BCUT2D eigenvalue weighted by molar-refractivity contribution is 5.80. The number of hydrogen-bond acceptors (Lipinski definition) is 8. The number of nitrogens with zero attached hydrogens (tertiary/aromatic N) is 7. The number of rotatable bonds is 8. The molecule has 6 rings (SSSR count). The number of esters is 1. The number of methoxy groups -OCH3 is 1. The Kier molecular flexibility index (Phi) is 6.14. The molecule has 0 bridgehead atoms. The summed E-state index contributed by atoms with van der Waals surface area (Å²) in [6, 6.07) is 15.8. The van der Waals surface area contributed by atoms with Gasteiger partial charge in [-0.1, -0.05) is 48.5 Å². The molecule has 0 spiro atoms. The Bertz CT molecular complexity index is 1790. The number of aryl methyl sites for hydroxylation is 1. The molecule has 5 aromatic rings. The molecule has 0 radical (unpaired) electrons. The predicted molar refractivity (Wildman–Crippen MR) is 142 cm³/mol. The average molecular weight is 527 g/mol. The van der Waals surface area contributed by atoms with Crippen LogP contribution in [0.1, 0.15) is 24.2 Å². The summed E-state index contributed by atoms with van der Waals surface area (Å²) in [4.78, 5) is 43.4. The zero-order valence-electron chi connectivity index (χ0n) is 21.5. The topological polar surface area (TPSA) is 143 Å². The normalized spacial score (nSPS) is 13.2. The minimum absolute atomic E-state index is 0.295. The van der Waals surface area contributed by atoms with Crippen molar-refractivity contribution < 1.29 is 9.53 Å². The number of ether oxygens (including phenoxy) is 1. The third-order valence-corrected chi connectivity index (χ3v) is 7.08. The van der Waals surface area contributed by atoms with Crippen LogP contribution in [-0.2, 0) is 29.2 Å². The van der Waals surface area contributed by atoms with Crippen molar-refractivity contribution in [3.8, 4) is 22.5 Å². The first-order chi connectivity index (χ1) is 18.9. The van der Waals surface area contributed by atoms with Crippen LogP contribution in [0.3, 0.4) is 0 Å². The third-order valence-electron chi connectivity index (χ3n) is 7.08. The summed E-state index contributed by atoms with van der Waals surface area (Å²) in [5.74, 6) is 0.818. The fourth-order valence-electron chi connectivity index (χ4n) is 4.83. The fourth-order valence-corrected chi connectivity index (χ4v) is 4.83. The maximum absolute atomic E-state index is 13.5. The molecule has 198 valence electrons. The van der Waals surface area contributed by atoms with Gasteiger partial charge in [0.05, 0.1) is 7.11 Å². The first-order valence-electron chi connectivity index (χ1n) is 12.6. The monoisotopic (exact) mass is 526 g/mol. The molecule has 2 aromatic carbocycles. The van der Waals surface area contributed by atoms with Crippen LogP contribution in [0.15, 0.2) is 58.1 Å². The largest absolute Gasteiger partial charge is 0.468 e. The number of tetrazole rings is 1. The summed E-state index contributed by atoms with van der Waals surface area (Å²) >= 11 is 0. The highest BCUT2D eigenvalue weighted by Gasteiger charge is 2.27. The molecule has 1 aliphatic carbocycles. The van der Waals surface area contributed by atoms with E-state index in [2.05, 4.69) is 25.6 Å². The van der Waals surface area contributed by atoms with Crippen LogP contribution in [0.4, 0.5) is 0 Å². The predicted octanol–water partition coefficient (Wildman–Crippen LogP) is 2.15. The minimum atomic E-state index is -0.661. The van der Waals surface area contributed by atoms with Crippen molar-refractivity contribution in [3.63, 3.8) is 0 Å². The Hall–Kier alpha value is -4.87. The molecule has 0 aliphatic heterocycles. The van der Waals surface area contributed by atoms with E-state index >= 15 is 0 Å². The number of aromatic nitrogens is 8. The lowest BCUT2D eigenvalue weighted by Gasteiger charge is -2.12. The number of aromatic amines is 1. The van der Waals surface area contributed by atoms with E-state index in [1.165, 1.54) is 11.7 Å². The second kappa shape index (κ2) is 9.78. The van der Waals surface area contributed by atoms with E-state index in [0.717, 1.165) is 39.7 Å². The highest BCUT2D eigenvalue weighted by atomic mass is 16.5. The molecule has 1 saturated carbocycles. The number of carbonyl (C=O) groups is 1. The molecule has 0 saturated heterocycles. The lowest BCUT2D eigenvalue weighted by molar-refractivity contribution is -0.141. The van der Waals surface area contributed by atoms with Crippen LogP contribution in [0, 0.1) is 12.8 Å². The Labute approximate surface area is 221 Å².